The summed E-state index contributed by atoms with van der Waals surface area (Å²) in [6.45, 7) is -0.0765. The molecule has 4 aromatic rings. The highest BCUT2D eigenvalue weighted by Crippen LogP contribution is 2.10. The fraction of sp³-hybridized carbons (Fsp3) is 0.192. The van der Waals surface area contributed by atoms with Crippen molar-refractivity contribution in [2.45, 2.75) is 32.9 Å². The summed E-state index contributed by atoms with van der Waals surface area (Å²) < 4.78 is 40.3. The third-order valence-electron chi connectivity index (χ3n) is 5.18. The van der Waals surface area contributed by atoms with Crippen LogP contribution < -0.4 is 16.0 Å². The zero-order chi connectivity index (χ0) is 24.6. The molecule has 0 atom stereocenters. The van der Waals surface area contributed by atoms with Crippen molar-refractivity contribution >= 4 is 0 Å². The van der Waals surface area contributed by atoms with Crippen LogP contribution in [0.25, 0.3) is 0 Å². The van der Waals surface area contributed by atoms with Gasteiger partial charge in [-0.15, -0.1) is 5.10 Å². The van der Waals surface area contributed by atoms with E-state index in [2.05, 4.69) is 5.10 Å². The maximum Gasteiger partial charge on any atom is 0.349 e. The summed E-state index contributed by atoms with van der Waals surface area (Å²) in [6, 6.07) is 21.6. The van der Waals surface area contributed by atoms with Crippen LogP contribution in [-0.2, 0) is 37.6 Å². The van der Waals surface area contributed by atoms with Crippen LogP contribution >= 0.6 is 0 Å². The second kappa shape index (κ2) is 11.3. The van der Waals surface area contributed by atoms with Gasteiger partial charge in [0.25, 0.3) is 5.88 Å². The molecule has 4 rings (SSSR count). The second-order valence-electron chi connectivity index (χ2n) is 7.81. The smallest absolute Gasteiger partial charge is 0.349 e. The van der Waals surface area contributed by atoms with Crippen LogP contribution in [0.1, 0.15) is 16.7 Å². The van der Waals surface area contributed by atoms with Gasteiger partial charge in [-0.25, -0.2) is 22.8 Å². The van der Waals surface area contributed by atoms with E-state index in [9.17, 15) is 18.4 Å². The molecule has 3 aromatic carbocycles. The van der Waals surface area contributed by atoms with Crippen LogP contribution in [0, 0.1) is 11.6 Å². The van der Waals surface area contributed by atoms with Crippen molar-refractivity contribution in [1.29, 1.82) is 0 Å². The van der Waals surface area contributed by atoms with Gasteiger partial charge in [0.15, 0.2) is 0 Å². The van der Waals surface area contributed by atoms with Gasteiger partial charge < -0.3 is 9.47 Å². The van der Waals surface area contributed by atoms with Crippen molar-refractivity contribution in [2.75, 3.05) is 0 Å². The Kier molecular flexibility index (Phi) is 7.79. The quantitative estimate of drug-likeness (QED) is 0.347. The topological polar surface area (TPSA) is 75.4 Å². The SMILES string of the molecule is O=c1c(OCc2ccccc2)nn(CCc2cc(F)cc(F)c2)c(=O)n1COCc1ccccc1. The van der Waals surface area contributed by atoms with Gasteiger partial charge in [0.05, 0.1) is 13.2 Å². The lowest BCUT2D eigenvalue weighted by molar-refractivity contribution is 0.0556. The molecule has 0 spiro atoms. The van der Waals surface area contributed by atoms with Gasteiger partial charge >= 0.3 is 11.2 Å². The molecule has 1 aromatic heterocycles. The highest BCUT2D eigenvalue weighted by Gasteiger charge is 2.15. The van der Waals surface area contributed by atoms with E-state index in [4.69, 9.17) is 9.47 Å². The minimum Gasteiger partial charge on any atom is -0.468 e. The van der Waals surface area contributed by atoms with E-state index in [0.717, 1.165) is 26.4 Å². The van der Waals surface area contributed by atoms with Gasteiger partial charge in [0.1, 0.15) is 25.0 Å². The summed E-state index contributed by atoms with van der Waals surface area (Å²) >= 11 is 0. The molecule has 0 aliphatic carbocycles. The monoisotopic (exact) mass is 479 g/mol. The van der Waals surface area contributed by atoms with Crippen LogP contribution in [0.15, 0.2) is 88.5 Å². The molecule has 0 aliphatic rings. The molecule has 1 heterocycles. The molecule has 7 nitrogen and oxygen atoms in total. The van der Waals surface area contributed by atoms with Crippen LogP contribution in [0.4, 0.5) is 8.78 Å². The van der Waals surface area contributed by atoms with Crippen molar-refractivity contribution in [2.24, 2.45) is 0 Å². The first-order chi connectivity index (χ1) is 17.0. The Balaban J connectivity index is 1.58. The molecular weight excluding hydrogens is 456 g/mol. The van der Waals surface area contributed by atoms with Crippen molar-refractivity contribution < 1.29 is 18.3 Å². The Labute approximate surface area is 199 Å². The Hall–Kier alpha value is -4.11. The summed E-state index contributed by atoms with van der Waals surface area (Å²) in [7, 11) is 0. The number of rotatable bonds is 10. The van der Waals surface area contributed by atoms with Gasteiger partial charge in [-0.1, -0.05) is 60.7 Å². The molecule has 0 fully saturated rings. The van der Waals surface area contributed by atoms with Crippen LogP contribution in [0.2, 0.25) is 0 Å². The summed E-state index contributed by atoms with van der Waals surface area (Å²) in [4.78, 5) is 25.9. The minimum atomic E-state index is -0.730. The molecule has 0 saturated heterocycles. The first-order valence-corrected chi connectivity index (χ1v) is 10.9. The zero-order valence-corrected chi connectivity index (χ0v) is 18.8. The number of halogens is 2. The molecule has 0 bridgehead atoms. The summed E-state index contributed by atoms with van der Waals surface area (Å²) in [6.07, 6.45) is 0.114. The third kappa shape index (κ3) is 6.48. The Morgan fingerprint density at radius 2 is 1.37 bits per heavy atom. The van der Waals surface area contributed by atoms with Gasteiger partial charge in [0, 0.05) is 6.07 Å². The highest BCUT2D eigenvalue weighted by atomic mass is 19.1. The number of benzene rings is 3. The normalized spacial score (nSPS) is 10.9. The number of hydrogen-bond donors (Lipinski definition) is 0. The largest absolute Gasteiger partial charge is 0.468 e. The standard InChI is InChI=1S/C26H23F2N3O4/c27-22-13-21(14-23(28)15-22)11-12-31-26(33)30(18-34-16-19-7-3-1-4-8-19)25(32)24(29-31)35-17-20-9-5-2-6-10-20/h1-10,13-15H,11-12,16-18H2. The number of ether oxygens (including phenoxy) is 2. The van der Waals surface area contributed by atoms with Crippen molar-refractivity contribution in [3.63, 3.8) is 0 Å². The molecule has 0 unspecified atom stereocenters. The van der Waals surface area contributed by atoms with Crippen molar-refractivity contribution in [1.82, 2.24) is 14.3 Å². The average Bonchev–Trinajstić information content (AvgIpc) is 2.85. The maximum absolute atomic E-state index is 13.5. The van der Waals surface area contributed by atoms with E-state index in [0.29, 0.717) is 5.56 Å². The van der Waals surface area contributed by atoms with Gasteiger partial charge in [-0.3, -0.25) is 4.79 Å². The summed E-state index contributed by atoms with van der Waals surface area (Å²) in [5, 5.41) is 4.08. The Morgan fingerprint density at radius 3 is 2.00 bits per heavy atom. The first kappa shape index (κ1) is 24.0. The Bertz CT molecular complexity index is 1370. The molecule has 9 heteroatoms. The third-order valence-corrected chi connectivity index (χ3v) is 5.18. The molecular formula is C26H23F2N3O4. The lowest BCUT2D eigenvalue weighted by Crippen LogP contribution is -2.42. The number of aromatic nitrogens is 3. The van der Waals surface area contributed by atoms with E-state index in [-0.39, 0.29) is 38.8 Å². The lowest BCUT2D eigenvalue weighted by Gasteiger charge is -2.13. The highest BCUT2D eigenvalue weighted by molar-refractivity contribution is 5.18. The van der Waals surface area contributed by atoms with Crippen molar-refractivity contribution in [3.05, 3.63) is 128 Å². The fourth-order valence-electron chi connectivity index (χ4n) is 3.43. The molecule has 0 radical (unpaired) electrons. The Morgan fingerprint density at radius 1 is 0.771 bits per heavy atom. The molecule has 0 amide bonds. The van der Waals surface area contributed by atoms with Gasteiger partial charge in [-0.2, -0.15) is 0 Å². The van der Waals surface area contributed by atoms with Crippen molar-refractivity contribution in [3.8, 4) is 5.88 Å². The summed E-state index contributed by atoms with van der Waals surface area (Å²) in [5.74, 6) is -1.71. The average molecular weight is 479 g/mol. The molecule has 180 valence electrons. The predicted octanol–water partition coefficient (Wildman–Crippen LogP) is 3.68. The molecule has 0 N–H and O–H groups in total. The van der Waals surface area contributed by atoms with E-state index in [1.807, 2.05) is 60.7 Å². The van der Waals surface area contributed by atoms with Gasteiger partial charge in [-0.05, 0) is 35.2 Å². The van der Waals surface area contributed by atoms with E-state index >= 15 is 0 Å². The van der Waals surface area contributed by atoms with E-state index in [1.54, 1.807) is 0 Å². The lowest BCUT2D eigenvalue weighted by atomic mass is 10.1. The van der Waals surface area contributed by atoms with Crippen LogP contribution in [0.3, 0.4) is 0 Å². The summed E-state index contributed by atoms with van der Waals surface area (Å²) in [5.41, 5.74) is 0.595. The maximum atomic E-state index is 13.5. The van der Waals surface area contributed by atoms with E-state index in [1.165, 1.54) is 12.1 Å². The zero-order valence-electron chi connectivity index (χ0n) is 18.8. The van der Waals surface area contributed by atoms with Crippen LogP contribution in [-0.4, -0.2) is 14.3 Å². The predicted molar refractivity (Wildman–Crippen MR) is 125 cm³/mol. The number of hydrogen-bond acceptors (Lipinski definition) is 5. The van der Waals surface area contributed by atoms with E-state index < -0.39 is 22.9 Å². The number of nitrogens with zero attached hydrogens (tertiary/aromatic N) is 3. The fourth-order valence-corrected chi connectivity index (χ4v) is 3.43. The molecule has 0 saturated carbocycles. The minimum absolute atomic E-state index is 0.0254. The molecule has 35 heavy (non-hydrogen) atoms. The second-order valence-corrected chi connectivity index (χ2v) is 7.81. The number of aryl methyl sites for hydroxylation is 2. The first-order valence-electron chi connectivity index (χ1n) is 10.9. The van der Waals surface area contributed by atoms with Gasteiger partial charge in [0.2, 0.25) is 0 Å². The van der Waals surface area contributed by atoms with Crippen LogP contribution in [0.5, 0.6) is 5.88 Å². The molecule has 0 aliphatic heterocycles.